The molecular weight excluding hydrogens is 381 g/mol. The number of likely N-dealkylation sites (tertiary alicyclic amines) is 1. The Balaban J connectivity index is 1.56. The lowest BCUT2D eigenvalue weighted by Crippen LogP contribution is -2.46. The van der Waals surface area contributed by atoms with E-state index in [2.05, 4.69) is 24.1 Å². The third kappa shape index (κ3) is 3.72. The van der Waals surface area contributed by atoms with E-state index in [1.807, 2.05) is 17.0 Å². The second-order valence-electron chi connectivity index (χ2n) is 8.43. The fourth-order valence-corrected chi connectivity index (χ4v) is 4.55. The van der Waals surface area contributed by atoms with E-state index in [1.54, 1.807) is 18.2 Å². The monoisotopic (exact) mass is 409 g/mol. The third-order valence-corrected chi connectivity index (χ3v) is 6.35. The predicted molar refractivity (Wildman–Crippen MR) is 115 cm³/mol. The summed E-state index contributed by atoms with van der Waals surface area (Å²) >= 11 is 0. The molecule has 0 bridgehead atoms. The molecule has 0 saturated carbocycles. The van der Waals surface area contributed by atoms with Gasteiger partial charge < -0.3 is 10.2 Å². The summed E-state index contributed by atoms with van der Waals surface area (Å²) in [6.07, 6.45) is 1.78. The second-order valence-corrected chi connectivity index (χ2v) is 8.43. The van der Waals surface area contributed by atoms with Crippen LogP contribution >= 0.6 is 0 Å². The van der Waals surface area contributed by atoms with Crippen molar-refractivity contribution in [2.24, 2.45) is 0 Å². The first-order chi connectivity index (χ1) is 14.4. The van der Waals surface area contributed by atoms with Crippen LogP contribution in [0.1, 0.15) is 46.5 Å². The maximum absolute atomic E-state index is 14.6. The molecule has 2 aromatic rings. The largest absolute Gasteiger partial charge is 0.355 e. The molecule has 2 aliphatic heterocycles. The van der Waals surface area contributed by atoms with Gasteiger partial charge in [0.15, 0.2) is 0 Å². The van der Waals surface area contributed by atoms with Gasteiger partial charge in [0.05, 0.1) is 0 Å². The second kappa shape index (κ2) is 8.19. The first-order valence-corrected chi connectivity index (χ1v) is 10.6. The van der Waals surface area contributed by atoms with Gasteiger partial charge in [-0.25, -0.2) is 4.39 Å². The van der Waals surface area contributed by atoms with Gasteiger partial charge in [0, 0.05) is 55.5 Å². The van der Waals surface area contributed by atoms with Crippen LogP contribution in [-0.2, 0) is 6.42 Å². The van der Waals surface area contributed by atoms with E-state index < -0.39 is 5.82 Å². The van der Waals surface area contributed by atoms with E-state index in [9.17, 15) is 14.0 Å². The van der Waals surface area contributed by atoms with Crippen molar-refractivity contribution in [3.63, 3.8) is 0 Å². The molecule has 158 valence electrons. The molecule has 0 aliphatic carbocycles. The molecule has 30 heavy (non-hydrogen) atoms. The zero-order chi connectivity index (χ0) is 21.4. The number of rotatable bonds is 4. The van der Waals surface area contributed by atoms with Crippen LogP contribution in [-0.4, -0.2) is 60.4 Å². The SMILES string of the molecule is CNC(=O)c1ccc(-c2ccc3c(c2)CCN([C@@H]2CCN(C(C)C)C2)C3=O)c(F)c1. The van der Waals surface area contributed by atoms with Crippen LogP contribution in [0.25, 0.3) is 11.1 Å². The van der Waals surface area contributed by atoms with Crippen molar-refractivity contribution in [3.8, 4) is 11.1 Å². The first kappa shape index (κ1) is 20.5. The Labute approximate surface area is 176 Å². The zero-order valence-corrected chi connectivity index (χ0v) is 17.7. The fraction of sp³-hybridized carbons (Fsp3) is 0.417. The fourth-order valence-electron chi connectivity index (χ4n) is 4.55. The van der Waals surface area contributed by atoms with Gasteiger partial charge in [0.2, 0.25) is 0 Å². The molecule has 0 radical (unpaired) electrons. The number of nitrogens with one attached hydrogen (secondary N) is 1. The molecule has 2 amide bonds. The van der Waals surface area contributed by atoms with E-state index in [1.165, 1.54) is 13.1 Å². The zero-order valence-electron chi connectivity index (χ0n) is 17.7. The first-order valence-electron chi connectivity index (χ1n) is 10.6. The number of benzene rings is 2. The highest BCUT2D eigenvalue weighted by Gasteiger charge is 2.34. The number of hydrogen-bond acceptors (Lipinski definition) is 3. The average Bonchev–Trinajstić information content (AvgIpc) is 3.23. The molecule has 2 aliphatic rings. The normalized spacial score (nSPS) is 19.3. The molecule has 1 N–H and O–H groups in total. The minimum atomic E-state index is -0.445. The van der Waals surface area contributed by atoms with Crippen molar-refractivity contribution in [3.05, 3.63) is 58.9 Å². The molecule has 2 aromatic carbocycles. The maximum atomic E-state index is 14.6. The number of amides is 2. The van der Waals surface area contributed by atoms with Crippen molar-refractivity contribution in [2.45, 2.75) is 38.8 Å². The standard InChI is InChI=1S/C24H28FN3O2/c1-15(2)27-10-9-19(14-27)28-11-8-17-12-16(4-7-21(17)24(28)30)20-6-5-18(13-22(20)25)23(29)26-3/h4-7,12-13,15,19H,8-11,14H2,1-3H3,(H,26,29)/t19-/m1/s1. The van der Waals surface area contributed by atoms with Crippen molar-refractivity contribution >= 4 is 11.8 Å². The Morgan fingerprint density at radius 3 is 2.57 bits per heavy atom. The Morgan fingerprint density at radius 1 is 1.13 bits per heavy atom. The molecule has 4 rings (SSSR count). The molecule has 6 heteroatoms. The highest BCUT2D eigenvalue weighted by Crippen LogP contribution is 2.30. The van der Waals surface area contributed by atoms with E-state index >= 15 is 0 Å². The van der Waals surface area contributed by atoms with Gasteiger partial charge in [-0.3, -0.25) is 14.5 Å². The molecule has 0 spiro atoms. The Kier molecular flexibility index (Phi) is 5.60. The number of carbonyl (C=O) groups excluding carboxylic acids is 2. The summed E-state index contributed by atoms with van der Waals surface area (Å²) in [5.41, 5.74) is 3.12. The van der Waals surface area contributed by atoms with Crippen LogP contribution in [0.5, 0.6) is 0 Å². The molecular formula is C24H28FN3O2. The van der Waals surface area contributed by atoms with Gasteiger partial charge in [-0.15, -0.1) is 0 Å². The molecule has 0 aromatic heterocycles. The van der Waals surface area contributed by atoms with Gasteiger partial charge in [0.1, 0.15) is 5.82 Å². The van der Waals surface area contributed by atoms with E-state index in [-0.39, 0.29) is 23.4 Å². The van der Waals surface area contributed by atoms with Crippen molar-refractivity contribution in [1.29, 1.82) is 0 Å². The van der Waals surface area contributed by atoms with Crippen molar-refractivity contribution in [1.82, 2.24) is 15.1 Å². The van der Waals surface area contributed by atoms with Gasteiger partial charge in [-0.2, -0.15) is 0 Å². The van der Waals surface area contributed by atoms with Crippen LogP contribution in [0.2, 0.25) is 0 Å². The minimum Gasteiger partial charge on any atom is -0.355 e. The smallest absolute Gasteiger partial charge is 0.254 e. The summed E-state index contributed by atoms with van der Waals surface area (Å²) in [6, 6.07) is 10.8. The van der Waals surface area contributed by atoms with Crippen LogP contribution in [0.3, 0.4) is 0 Å². The van der Waals surface area contributed by atoms with Crippen LogP contribution < -0.4 is 5.32 Å². The Bertz CT molecular complexity index is 988. The summed E-state index contributed by atoms with van der Waals surface area (Å²) in [6.45, 7) is 7.04. The number of fused-ring (bicyclic) bond motifs is 1. The van der Waals surface area contributed by atoms with Crippen LogP contribution in [0.4, 0.5) is 4.39 Å². The number of nitrogens with zero attached hydrogens (tertiary/aromatic N) is 2. The lowest BCUT2D eigenvalue weighted by Gasteiger charge is -2.34. The van der Waals surface area contributed by atoms with E-state index in [0.29, 0.717) is 18.2 Å². The van der Waals surface area contributed by atoms with Crippen LogP contribution in [0.15, 0.2) is 36.4 Å². The van der Waals surface area contributed by atoms with Gasteiger partial charge >= 0.3 is 0 Å². The summed E-state index contributed by atoms with van der Waals surface area (Å²) in [4.78, 5) is 29.3. The predicted octanol–water partition coefficient (Wildman–Crippen LogP) is 3.33. The molecule has 1 saturated heterocycles. The van der Waals surface area contributed by atoms with E-state index in [0.717, 1.165) is 42.6 Å². The highest BCUT2D eigenvalue weighted by molar-refractivity contribution is 5.98. The molecule has 2 heterocycles. The molecule has 0 unspecified atom stereocenters. The van der Waals surface area contributed by atoms with Crippen molar-refractivity contribution in [2.75, 3.05) is 26.7 Å². The minimum absolute atomic E-state index is 0.0776. The summed E-state index contributed by atoms with van der Waals surface area (Å²) in [5.74, 6) is -0.687. The number of hydrogen-bond donors (Lipinski definition) is 1. The van der Waals surface area contributed by atoms with Crippen LogP contribution in [0, 0.1) is 5.82 Å². The maximum Gasteiger partial charge on any atom is 0.254 e. The summed E-state index contributed by atoms with van der Waals surface area (Å²) in [5, 5.41) is 2.50. The number of carbonyl (C=O) groups is 2. The Hall–Kier alpha value is -2.73. The highest BCUT2D eigenvalue weighted by atomic mass is 19.1. The van der Waals surface area contributed by atoms with Gasteiger partial charge in [-0.1, -0.05) is 18.2 Å². The number of halogens is 1. The summed E-state index contributed by atoms with van der Waals surface area (Å²) < 4.78 is 14.6. The molecule has 1 fully saturated rings. The lowest BCUT2D eigenvalue weighted by atomic mass is 9.92. The summed E-state index contributed by atoms with van der Waals surface area (Å²) in [7, 11) is 1.52. The quantitative estimate of drug-likeness (QED) is 0.843. The van der Waals surface area contributed by atoms with Gasteiger partial charge in [-0.05, 0) is 56.0 Å². The molecule has 5 nitrogen and oxygen atoms in total. The Morgan fingerprint density at radius 2 is 1.90 bits per heavy atom. The topological polar surface area (TPSA) is 52.7 Å². The van der Waals surface area contributed by atoms with Crippen molar-refractivity contribution < 1.29 is 14.0 Å². The van der Waals surface area contributed by atoms with E-state index in [4.69, 9.17) is 0 Å². The average molecular weight is 410 g/mol. The molecule has 1 atom stereocenters. The third-order valence-electron chi connectivity index (χ3n) is 6.35. The van der Waals surface area contributed by atoms with Gasteiger partial charge in [0.25, 0.3) is 11.8 Å². The lowest BCUT2D eigenvalue weighted by molar-refractivity contribution is 0.0660.